The number of rotatable bonds is 10. The molecule has 0 spiro atoms. The average Bonchev–Trinajstić information content (AvgIpc) is 3.35. The number of fused-ring (bicyclic) bond motifs is 1. The highest BCUT2D eigenvalue weighted by Gasteiger charge is 2.45. The summed E-state index contributed by atoms with van der Waals surface area (Å²) < 4.78 is 11.9. The number of hydrogen-bond donors (Lipinski definition) is 2. The van der Waals surface area contributed by atoms with Crippen LogP contribution in [0.3, 0.4) is 0 Å². The molecular weight excluding hydrogens is 408 g/mol. The molecule has 2 N–H and O–H groups in total. The number of urea groups is 1. The van der Waals surface area contributed by atoms with Gasteiger partial charge in [0.1, 0.15) is 18.1 Å². The van der Waals surface area contributed by atoms with Gasteiger partial charge in [-0.1, -0.05) is 69.4 Å². The van der Waals surface area contributed by atoms with Gasteiger partial charge < -0.3 is 19.7 Å². The van der Waals surface area contributed by atoms with E-state index in [0.29, 0.717) is 12.4 Å². The van der Waals surface area contributed by atoms with Crippen LogP contribution in [0.1, 0.15) is 63.9 Å². The van der Waals surface area contributed by atoms with Crippen LogP contribution < -0.4 is 0 Å². The van der Waals surface area contributed by atoms with Gasteiger partial charge in [-0.2, -0.15) is 4.99 Å². The van der Waals surface area contributed by atoms with Crippen LogP contribution in [0.2, 0.25) is 0 Å². The summed E-state index contributed by atoms with van der Waals surface area (Å²) in [6, 6.07) is 9.73. The lowest BCUT2D eigenvalue weighted by Crippen LogP contribution is -2.47. The monoisotopic (exact) mass is 442 g/mol. The van der Waals surface area contributed by atoms with Crippen LogP contribution in [0.4, 0.5) is 4.79 Å². The molecule has 0 saturated carbocycles. The first-order valence-electron chi connectivity index (χ1n) is 11.9. The van der Waals surface area contributed by atoms with E-state index in [2.05, 4.69) is 24.0 Å². The van der Waals surface area contributed by atoms with E-state index in [1.165, 1.54) is 25.7 Å². The third kappa shape index (κ3) is 4.90. The highest BCUT2D eigenvalue weighted by Crippen LogP contribution is 2.41. The van der Waals surface area contributed by atoms with Crippen LogP contribution in [0.15, 0.2) is 41.1 Å². The Hall–Kier alpha value is -2.22. The molecule has 3 heterocycles. The van der Waals surface area contributed by atoms with Crippen molar-refractivity contribution in [3.05, 3.63) is 41.7 Å². The molecule has 0 bridgehead atoms. The van der Waals surface area contributed by atoms with Crippen molar-refractivity contribution < 1.29 is 24.5 Å². The summed E-state index contributed by atoms with van der Waals surface area (Å²) in [6.07, 6.45) is 6.24. The van der Waals surface area contributed by atoms with Crippen LogP contribution >= 0.6 is 0 Å². The molecule has 4 atom stereocenters. The largest absolute Gasteiger partial charge is 0.446 e. The van der Waals surface area contributed by atoms with E-state index < -0.39 is 24.5 Å². The number of hydrogen-bond acceptors (Lipinski definition) is 5. The fourth-order valence-electron chi connectivity index (χ4n) is 4.82. The minimum absolute atomic E-state index is 0.154. The van der Waals surface area contributed by atoms with Gasteiger partial charge in [-0.25, -0.2) is 4.79 Å². The zero-order chi connectivity index (χ0) is 22.5. The van der Waals surface area contributed by atoms with E-state index >= 15 is 0 Å². The van der Waals surface area contributed by atoms with Gasteiger partial charge in [-0.15, -0.1) is 0 Å². The summed E-state index contributed by atoms with van der Waals surface area (Å²) in [4.78, 5) is 18.6. The van der Waals surface area contributed by atoms with Gasteiger partial charge in [0.05, 0.1) is 18.6 Å². The van der Waals surface area contributed by atoms with Gasteiger partial charge in [-0.3, -0.25) is 4.90 Å². The number of ether oxygens (including phenoxy) is 2. The van der Waals surface area contributed by atoms with Crippen molar-refractivity contribution in [2.24, 2.45) is 10.9 Å². The molecule has 7 heteroatoms. The molecule has 2 amide bonds. The van der Waals surface area contributed by atoms with Gasteiger partial charge in [-0.05, 0) is 12.0 Å². The first kappa shape index (κ1) is 23.0. The first-order valence-corrected chi connectivity index (χ1v) is 11.9. The van der Waals surface area contributed by atoms with Crippen LogP contribution in [0.5, 0.6) is 0 Å². The predicted molar refractivity (Wildman–Crippen MR) is 122 cm³/mol. The van der Waals surface area contributed by atoms with Gasteiger partial charge in [0.25, 0.3) is 0 Å². The predicted octanol–water partition coefficient (Wildman–Crippen LogP) is 4.10. The Morgan fingerprint density at radius 1 is 1.12 bits per heavy atom. The third-order valence-corrected chi connectivity index (χ3v) is 6.58. The summed E-state index contributed by atoms with van der Waals surface area (Å²) >= 11 is 0. The summed E-state index contributed by atoms with van der Waals surface area (Å²) in [5, 5.41) is 19.5. The fourth-order valence-corrected chi connectivity index (χ4v) is 4.82. The third-order valence-electron chi connectivity index (χ3n) is 6.58. The number of carbonyl (C=O) groups is 1. The summed E-state index contributed by atoms with van der Waals surface area (Å²) in [6.45, 7) is 2.33. The molecule has 1 aromatic carbocycles. The molecule has 32 heavy (non-hydrogen) atoms. The number of aliphatic hydroxyl groups excluding tert-OH is 2. The van der Waals surface area contributed by atoms with Crippen LogP contribution in [-0.4, -0.2) is 58.6 Å². The number of allylic oxidation sites excluding steroid dienone is 1. The number of benzene rings is 1. The van der Waals surface area contributed by atoms with Crippen molar-refractivity contribution in [2.45, 2.75) is 76.7 Å². The maximum atomic E-state index is 12.8. The van der Waals surface area contributed by atoms with E-state index in [-0.39, 0.29) is 18.9 Å². The Labute approximate surface area is 189 Å². The number of aliphatic imine (C=N–C) groups is 1. The number of aliphatic hydroxyl groups is 2. The standard InChI is InChI=1S/C25H34N2O5/c1-2-3-4-5-6-10-13-20-23(17-11-8-7-9-12-17)18-15-27(25(30)26-24(18)32-20)22-14-19(29)21(16-28)31-22/h7-9,11-12,18-19,21-22,28-29H,2-6,10,13-16H2,1H3/t18?,19-,21+,22+/m0/s1. The minimum atomic E-state index is -0.796. The van der Waals surface area contributed by atoms with Gasteiger partial charge in [0.2, 0.25) is 5.90 Å². The Morgan fingerprint density at radius 3 is 2.59 bits per heavy atom. The van der Waals surface area contributed by atoms with E-state index in [9.17, 15) is 15.0 Å². The normalized spacial score (nSPS) is 27.5. The SMILES string of the molecule is CCCCCCCCC1=C(c2ccccc2)C2CN([C@H]3C[C@H](O)[C@@H](CO)O3)C(=O)N=C2O1. The topological polar surface area (TPSA) is 91.6 Å². The van der Waals surface area contributed by atoms with Crippen LogP contribution in [0, 0.1) is 5.92 Å². The molecule has 0 aliphatic carbocycles. The number of amides is 2. The lowest BCUT2D eigenvalue weighted by atomic mass is 9.90. The number of unbranched alkanes of at least 4 members (excludes halogenated alkanes) is 5. The fraction of sp³-hybridized carbons (Fsp3) is 0.600. The lowest BCUT2D eigenvalue weighted by Gasteiger charge is -2.32. The van der Waals surface area contributed by atoms with Crippen molar-refractivity contribution in [3.63, 3.8) is 0 Å². The first-order chi connectivity index (χ1) is 15.6. The van der Waals surface area contributed by atoms with Crippen LogP contribution in [0.25, 0.3) is 5.57 Å². The summed E-state index contributed by atoms with van der Waals surface area (Å²) in [7, 11) is 0. The molecule has 4 rings (SSSR count). The van der Waals surface area contributed by atoms with Crippen molar-refractivity contribution in [2.75, 3.05) is 13.2 Å². The van der Waals surface area contributed by atoms with Gasteiger partial charge >= 0.3 is 6.03 Å². The zero-order valence-corrected chi connectivity index (χ0v) is 18.8. The van der Waals surface area contributed by atoms with E-state index in [0.717, 1.165) is 36.2 Å². The smallest absolute Gasteiger partial charge is 0.348 e. The van der Waals surface area contributed by atoms with Gasteiger partial charge in [0.15, 0.2) is 0 Å². The highest BCUT2D eigenvalue weighted by molar-refractivity contribution is 6.04. The molecular formula is C25H34N2O5. The Bertz CT molecular complexity index is 853. The summed E-state index contributed by atoms with van der Waals surface area (Å²) in [5.74, 6) is 1.22. The number of carbonyl (C=O) groups excluding carboxylic acids is 1. The quantitative estimate of drug-likeness (QED) is 0.533. The Balaban J connectivity index is 1.52. The van der Waals surface area contributed by atoms with Crippen molar-refractivity contribution >= 4 is 17.5 Å². The Kier molecular flexibility index (Phi) is 7.60. The molecule has 7 nitrogen and oxygen atoms in total. The maximum Gasteiger partial charge on any atom is 0.348 e. The molecule has 1 fully saturated rings. The lowest BCUT2D eigenvalue weighted by molar-refractivity contribution is -0.0646. The van der Waals surface area contributed by atoms with E-state index in [1.807, 2.05) is 18.2 Å². The van der Waals surface area contributed by atoms with Crippen molar-refractivity contribution in [3.8, 4) is 0 Å². The molecule has 1 saturated heterocycles. The second-order valence-corrected chi connectivity index (χ2v) is 8.88. The van der Waals surface area contributed by atoms with Crippen molar-refractivity contribution in [1.29, 1.82) is 0 Å². The van der Waals surface area contributed by atoms with Gasteiger partial charge in [0, 0.05) is 25.0 Å². The second kappa shape index (κ2) is 10.6. The van der Waals surface area contributed by atoms with E-state index in [4.69, 9.17) is 9.47 Å². The molecule has 3 aliphatic rings. The summed E-state index contributed by atoms with van der Waals surface area (Å²) in [5.41, 5.74) is 2.17. The molecule has 0 aromatic heterocycles. The molecule has 0 radical (unpaired) electrons. The Morgan fingerprint density at radius 2 is 1.88 bits per heavy atom. The average molecular weight is 443 g/mol. The van der Waals surface area contributed by atoms with Crippen LogP contribution in [-0.2, 0) is 9.47 Å². The maximum absolute atomic E-state index is 12.8. The molecule has 3 aliphatic heterocycles. The molecule has 1 aromatic rings. The van der Waals surface area contributed by atoms with Crippen molar-refractivity contribution in [1.82, 2.24) is 4.90 Å². The zero-order valence-electron chi connectivity index (χ0n) is 18.8. The second-order valence-electron chi connectivity index (χ2n) is 8.88. The highest BCUT2D eigenvalue weighted by atomic mass is 16.5. The number of nitrogens with zero attached hydrogens (tertiary/aromatic N) is 2. The minimum Gasteiger partial charge on any atom is -0.446 e. The van der Waals surface area contributed by atoms with E-state index in [1.54, 1.807) is 4.90 Å². The molecule has 174 valence electrons. The molecule has 1 unspecified atom stereocenters.